The summed E-state index contributed by atoms with van der Waals surface area (Å²) in [7, 11) is 0. The van der Waals surface area contributed by atoms with Crippen molar-refractivity contribution in [2.75, 3.05) is 0 Å². The van der Waals surface area contributed by atoms with Crippen LogP contribution in [0.4, 0.5) is 0 Å². The first kappa shape index (κ1) is 11.7. The van der Waals surface area contributed by atoms with Crippen molar-refractivity contribution in [2.45, 2.75) is 55.6 Å². The fraction of sp³-hybridized carbons (Fsp3) is 0.800. The molecule has 3 N–H and O–H groups in total. The van der Waals surface area contributed by atoms with E-state index in [9.17, 15) is 4.79 Å². The number of nitrogens with zero attached hydrogens (tertiary/aromatic N) is 2. The number of aromatic amines is 1. The summed E-state index contributed by atoms with van der Waals surface area (Å²) in [6.45, 7) is 2.77. The van der Waals surface area contributed by atoms with Crippen molar-refractivity contribution >= 4 is 11.8 Å². The molecule has 1 fully saturated rings. The molecule has 90 valence electrons. The van der Waals surface area contributed by atoms with Gasteiger partial charge in [0.15, 0.2) is 5.16 Å². The Balaban J connectivity index is 2.11. The van der Waals surface area contributed by atoms with Gasteiger partial charge in [0, 0.05) is 17.8 Å². The predicted octanol–water partition coefficient (Wildman–Crippen LogP) is 0.953. The summed E-state index contributed by atoms with van der Waals surface area (Å²) in [5.41, 5.74) is 5.90. The SMILES string of the molecule is CCCn1c(SC2CCCC2N)n[nH]c1=O. The van der Waals surface area contributed by atoms with Crippen LogP contribution in [-0.4, -0.2) is 26.1 Å². The lowest BCUT2D eigenvalue weighted by Gasteiger charge is -2.13. The minimum absolute atomic E-state index is 0.115. The van der Waals surface area contributed by atoms with Crippen LogP contribution in [0.15, 0.2) is 9.95 Å². The molecule has 16 heavy (non-hydrogen) atoms. The van der Waals surface area contributed by atoms with Gasteiger partial charge in [0.25, 0.3) is 0 Å². The fourth-order valence-corrected chi connectivity index (χ4v) is 3.32. The van der Waals surface area contributed by atoms with Crippen LogP contribution in [0.1, 0.15) is 32.6 Å². The summed E-state index contributed by atoms with van der Waals surface area (Å²) < 4.78 is 1.70. The van der Waals surface area contributed by atoms with Crippen LogP contribution >= 0.6 is 11.8 Å². The lowest BCUT2D eigenvalue weighted by molar-refractivity contribution is 0.601. The molecule has 0 bridgehead atoms. The average Bonchev–Trinajstić information content (AvgIpc) is 2.80. The smallest absolute Gasteiger partial charge is 0.327 e. The predicted molar refractivity (Wildman–Crippen MR) is 64.6 cm³/mol. The minimum atomic E-state index is -0.115. The van der Waals surface area contributed by atoms with Gasteiger partial charge >= 0.3 is 5.69 Å². The number of hydrogen-bond donors (Lipinski definition) is 2. The molecule has 6 heteroatoms. The molecule has 1 aliphatic carbocycles. The van der Waals surface area contributed by atoms with E-state index in [2.05, 4.69) is 17.1 Å². The van der Waals surface area contributed by atoms with Crippen LogP contribution in [0.25, 0.3) is 0 Å². The van der Waals surface area contributed by atoms with E-state index in [0.29, 0.717) is 5.25 Å². The average molecular weight is 242 g/mol. The number of hydrogen-bond acceptors (Lipinski definition) is 4. The summed E-state index contributed by atoms with van der Waals surface area (Å²) in [4.78, 5) is 11.5. The van der Waals surface area contributed by atoms with Crippen LogP contribution in [0.3, 0.4) is 0 Å². The van der Waals surface area contributed by atoms with Crippen molar-refractivity contribution in [1.82, 2.24) is 14.8 Å². The molecule has 1 aromatic heterocycles. The highest BCUT2D eigenvalue weighted by Gasteiger charge is 2.26. The van der Waals surface area contributed by atoms with Crippen LogP contribution in [0.5, 0.6) is 0 Å². The lowest BCUT2D eigenvalue weighted by atomic mass is 10.3. The van der Waals surface area contributed by atoms with E-state index in [1.54, 1.807) is 16.3 Å². The number of nitrogens with two attached hydrogens (primary N) is 1. The molecule has 0 spiro atoms. The molecule has 2 unspecified atom stereocenters. The molecule has 1 aromatic rings. The Morgan fingerprint density at radius 3 is 3.06 bits per heavy atom. The molecule has 0 radical (unpaired) electrons. The third-order valence-electron chi connectivity index (χ3n) is 2.93. The van der Waals surface area contributed by atoms with Gasteiger partial charge in [0.1, 0.15) is 0 Å². The van der Waals surface area contributed by atoms with E-state index in [1.165, 1.54) is 6.42 Å². The van der Waals surface area contributed by atoms with Crippen molar-refractivity contribution in [2.24, 2.45) is 5.73 Å². The Labute approximate surface area is 98.8 Å². The molecular weight excluding hydrogens is 224 g/mol. The van der Waals surface area contributed by atoms with E-state index >= 15 is 0 Å². The quantitative estimate of drug-likeness (QED) is 0.824. The van der Waals surface area contributed by atoms with Crippen molar-refractivity contribution in [1.29, 1.82) is 0 Å². The fourth-order valence-electron chi connectivity index (χ4n) is 2.05. The van der Waals surface area contributed by atoms with Crippen molar-refractivity contribution in [3.05, 3.63) is 10.5 Å². The molecule has 1 saturated carbocycles. The minimum Gasteiger partial charge on any atom is -0.327 e. The van der Waals surface area contributed by atoms with Gasteiger partial charge in [-0.2, -0.15) is 0 Å². The zero-order valence-corrected chi connectivity index (χ0v) is 10.3. The molecule has 2 rings (SSSR count). The Morgan fingerprint density at radius 1 is 1.62 bits per heavy atom. The van der Waals surface area contributed by atoms with E-state index < -0.39 is 0 Å². The summed E-state index contributed by atoms with van der Waals surface area (Å²) in [5.74, 6) is 0. The Morgan fingerprint density at radius 2 is 2.44 bits per heavy atom. The number of H-pyrrole nitrogens is 1. The molecule has 2 atom stereocenters. The van der Waals surface area contributed by atoms with Gasteiger partial charge in [-0.1, -0.05) is 25.1 Å². The van der Waals surface area contributed by atoms with Gasteiger partial charge in [0.2, 0.25) is 0 Å². The maximum Gasteiger partial charge on any atom is 0.343 e. The van der Waals surface area contributed by atoms with E-state index in [4.69, 9.17) is 5.73 Å². The molecule has 5 nitrogen and oxygen atoms in total. The first-order valence-corrected chi connectivity index (χ1v) is 6.67. The van der Waals surface area contributed by atoms with Crippen LogP contribution < -0.4 is 11.4 Å². The molecule has 0 saturated heterocycles. The monoisotopic (exact) mass is 242 g/mol. The zero-order valence-electron chi connectivity index (χ0n) is 9.48. The Kier molecular flexibility index (Phi) is 3.70. The molecular formula is C10H18N4OS. The number of thioether (sulfide) groups is 1. The van der Waals surface area contributed by atoms with Gasteiger partial charge in [-0.15, -0.1) is 5.10 Å². The second-order valence-corrected chi connectivity index (χ2v) is 5.42. The van der Waals surface area contributed by atoms with Gasteiger partial charge in [-0.25, -0.2) is 9.89 Å². The highest BCUT2D eigenvalue weighted by Crippen LogP contribution is 2.32. The number of nitrogens with one attached hydrogen (secondary N) is 1. The lowest BCUT2D eigenvalue weighted by Crippen LogP contribution is -2.27. The van der Waals surface area contributed by atoms with Crippen LogP contribution in [-0.2, 0) is 6.54 Å². The van der Waals surface area contributed by atoms with E-state index in [0.717, 1.165) is 31.0 Å². The van der Waals surface area contributed by atoms with Crippen molar-refractivity contribution < 1.29 is 0 Å². The van der Waals surface area contributed by atoms with Gasteiger partial charge < -0.3 is 5.73 Å². The highest BCUT2D eigenvalue weighted by atomic mass is 32.2. The zero-order chi connectivity index (χ0) is 11.5. The molecule has 1 heterocycles. The Hall–Kier alpha value is -0.750. The third-order valence-corrected chi connectivity index (χ3v) is 4.34. The molecule has 0 aromatic carbocycles. The van der Waals surface area contributed by atoms with Gasteiger partial charge in [-0.3, -0.25) is 4.57 Å². The van der Waals surface area contributed by atoms with Crippen LogP contribution in [0.2, 0.25) is 0 Å². The standard InChI is InChI=1S/C10H18N4OS/c1-2-6-14-9(15)12-13-10(14)16-8-5-3-4-7(8)11/h7-8H,2-6,11H2,1H3,(H,12,15). The highest BCUT2D eigenvalue weighted by molar-refractivity contribution is 7.99. The first-order chi connectivity index (χ1) is 7.72. The maximum atomic E-state index is 11.5. The molecule has 0 aliphatic heterocycles. The summed E-state index contributed by atoms with van der Waals surface area (Å²) >= 11 is 1.64. The van der Waals surface area contributed by atoms with Gasteiger partial charge in [0.05, 0.1) is 0 Å². The van der Waals surface area contributed by atoms with Crippen LogP contribution in [0, 0.1) is 0 Å². The summed E-state index contributed by atoms with van der Waals surface area (Å²) in [6, 6.07) is 0.242. The first-order valence-electron chi connectivity index (χ1n) is 5.79. The number of rotatable bonds is 4. The summed E-state index contributed by atoms with van der Waals surface area (Å²) in [6.07, 6.45) is 4.32. The second kappa shape index (κ2) is 5.05. The summed E-state index contributed by atoms with van der Waals surface area (Å²) in [5, 5.41) is 7.77. The van der Waals surface area contributed by atoms with Gasteiger partial charge in [-0.05, 0) is 19.3 Å². The second-order valence-electron chi connectivity index (χ2n) is 4.21. The molecule has 1 aliphatic rings. The molecule has 0 amide bonds. The van der Waals surface area contributed by atoms with E-state index in [1.807, 2.05) is 0 Å². The Bertz CT molecular complexity index is 400. The third kappa shape index (κ3) is 2.32. The topological polar surface area (TPSA) is 76.7 Å². The number of aromatic nitrogens is 3. The normalized spacial score (nSPS) is 25.1. The maximum absolute atomic E-state index is 11.5. The van der Waals surface area contributed by atoms with E-state index in [-0.39, 0.29) is 11.7 Å². The van der Waals surface area contributed by atoms with Crippen molar-refractivity contribution in [3.8, 4) is 0 Å². The van der Waals surface area contributed by atoms with Crippen molar-refractivity contribution in [3.63, 3.8) is 0 Å². The largest absolute Gasteiger partial charge is 0.343 e.